The van der Waals surface area contributed by atoms with E-state index in [-0.39, 0.29) is 5.91 Å². The minimum atomic E-state index is -0.139. The van der Waals surface area contributed by atoms with E-state index in [0.29, 0.717) is 13.0 Å². The lowest BCUT2D eigenvalue weighted by Crippen LogP contribution is -2.23. The normalized spacial score (nSPS) is 10.7. The van der Waals surface area contributed by atoms with Gasteiger partial charge in [-0.2, -0.15) is 5.10 Å². The van der Waals surface area contributed by atoms with Crippen molar-refractivity contribution in [2.45, 2.75) is 6.42 Å². The third kappa shape index (κ3) is 4.24. The fourth-order valence-corrected chi connectivity index (χ4v) is 1.60. The predicted octanol–water partition coefficient (Wildman–Crippen LogP) is 1.19. The van der Waals surface area contributed by atoms with Gasteiger partial charge in [0.15, 0.2) is 0 Å². The molecule has 0 aliphatic rings. The van der Waals surface area contributed by atoms with E-state index >= 15 is 0 Å². The summed E-state index contributed by atoms with van der Waals surface area (Å²) in [7, 11) is 1.62. The van der Waals surface area contributed by atoms with Crippen LogP contribution in [0.25, 0.3) is 6.08 Å². The van der Waals surface area contributed by atoms with Crippen molar-refractivity contribution < 1.29 is 9.53 Å². The summed E-state index contributed by atoms with van der Waals surface area (Å²) in [5, 5.41) is 9.25. The number of aromatic amines is 1. The maximum Gasteiger partial charge on any atom is 0.244 e. The van der Waals surface area contributed by atoms with Crippen molar-refractivity contribution in [3.63, 3.8) is 0 Å². The zero-order valence-electron chi connectivity index (χ0n) is 11.2. The highest BCUT2D eigenvalue weighted by Crippen LogP contribution is 2.12. The average Bonchev–Trinajstić information content (AvgIpc) is 2.99. The molecule has 0 saturated carbocycles. The van der Waals surface area contributed by atoms with E-state index in [1.54, 1.807) is 13.2 Å². The van der Waals surface area contributed by atoms with Crippen LogP contribution in [0.1, 0.15) is 11.4 Å². The van der Waals surface area contributed by atoms with Gasteiger partial charge < -0.3 is 10.1 Å². The third-order valence-electron chi connectivity index (χ3n) is 2.67. The predicted molar refractivity (Wildman–Crippen MR) is 75.1 cm³/mol. The number of hydrogen-bond acceptors (Lipinski definition) is 4. The molecule has 1 heterocycles. The van der Waals surface area contributed by atoms with E-state index in [0.717, 1.165) is 17.1 Å². The number of carbonyl (C=O) groups excluding carboxylic acids is 1. The first-order valence-corrected chi connectivity index (χ1v) is 6.22. The van der Waals surface area contributed by atoms with Crippen LogP contribution in [0.4, 0.5) is 0 Å². The van der Waals surface area contributed by atoms with E-state index < -0.39 is 0 Å². The molecule has 0 atom stereocenters. The Labute approximate surface area is 116 Å². The fraction of sp³-hybridized carbons (Fsp3) is 0.214. The number of hydrogen-bond donors (Lipinski definition) is 2. The van der Waals surface area contributed by atoms with Gasteiger partial charge in [-0.15, -0.1) is 0 Å². The van der Waals surface area contributed by atoms with Crippen LogP contribution in [0, 0.1) is 0 Å². The van der Waals surface area contributed by atoms with Crippen molar-refractivity contribution in [3.8, 4) is 5.75 Å². The van der Waals surface area contributed by atoms with Crippen LogP contribution < -0.4 is 10.1 Å². The van der Waals surface area contributed by atoms with Crippen molar-refractivity contribution in [1.29, 1.82) is 0 Å². The van der Waals surface area contributed by atoms with E-state index in [2.05, 4.69) is 20.5 Å². The molecule has 0 unspecified atom stereocenters. The van der Waals surface area contributed by atoms with Crippen LogP contribution in [-0.2, 0) is 11.2 Å². The second-order valence-electron chi connectivity index (χ2n) is 4.08. The lowest BCUT2D eigenvalue weighted by molar-refractivity contribution is -0.116. The molecule has 0 saturated heterocycles. The first-order valence-electron chi connectivity index (χ1n) is 6.22. The number of nitrogens with one attached hydrogen (secondary N) is 2. The quantitative estimate of drug-likeness (QED) is 0.774. The largest absolute Gasteiger partial charge is 0.497 e. The number of H-pyrrole nitrogens is 1. The van der Waals surface area contributed by atoms with Gasteiger partial charge in [-0.25, -0.2) is 4.98 Å². The second kappa shape index (κ2) is 7.08. The Morgan fingerprint density at radius 1 is 1.40 bits per heavy atom. The van der Waals surface area contributed by atoms with Crippen molar-refractivity contribution in [3.05, 3.63) is 48.1 Å². The fourth-order valence-electron chi connectivity index (χ4n) is 1.60. The molecule has 0 fully saturated rings. The van der Waals surface area contributed by atoms with Crippen LogP contribution in [0.5, 0.6) is 5.75 Å². The summed E-state index contributed by atoms with van der Waals surface area (Å²) in [4.78, 5) is 15.6. The summed E-state index contributed by atoms with van der Waals surface area (Å²) in [6.45, 7) is 0.515. The van der Waals surface area contributed by atoms with Gasteiger partial charge in [-0.1, -0.05) is 12.1 Å². The number of benzene rings is 1. The molecule has 0 spiro atoms. The molecule has 1 amide bonds. The number of carbonyl (C=O) groups is 1. The minimum absolute atomic E-state index is 0.139. The monoisotopic (exact) mass is 272 g/mol. The van der Waals surface area contributed by atoms with Gasteiger partial charge in [0.25, 0.3) is 0 Å². The lowest BCUT2D eigenvalue weighted by Gasteiger charge is -2.00. The molecular weight excluding hydrogens is 256 g/mol. The van der Waals surface area contributed by atoms with Crippen molar-refractivity contribution in [1.82, 2.24) is 20.5 Å². The Balaban J connectivity index is 1.76. The molecule has 0 aliphatic carbocycles. The first-order chi connectivity index (χ1) is 9.78. The highest BCUT2D eigenvalue weighted by molar-refractivity contribution is 5.91. The van der Waals surface area contributed by atoms with Crippen molar-refractivity contribution in [2.75, 3.05) is 13.7 Å². The smallest absolute Gasteiger partial charge is 0.244 e. The molecule has 104 valence electrons. The minimum Gasteiger partial charge on any atom is -0.497 e. The van der Waals surface area contributed by atoms with Crippen LogP contribution in [0.3, 0.4) is 0 Å². The number of nitrogens with zero attached hydrogens (tertiary/aromatic N) is 2. The van der Waals surface area contributed by atoms with E-state index in [9.17, 15) is 4.79 Å². The van der Waals surface area contributed by atoms with Crippen LogP contribution in [0.15, 0.2) is 36.7 Å². The molecule has 6 nitrogen and oxygen atoms in total. The van der Waals surface area contributed by atoms with E-state index in [1.807, 2.05) is 24.3 Å². The highest BCUT2D eigenvalue weighted by atomic mass is 16.5. The molecule has 0 aliphatic heterocycles. The van der Waals surface area contributed by atoms with Crippen LogP contribution in [-0.4, -0.2) is 34.7 Å². The number of amides is 1. The van der Waals surface area contributed by atoms with Gasteiger partial charge in [-0.3, -0.25) is 9.89 Å². The Morgan fingerprint density at radius 2 is 2.20 bits per heavy atom. The standard InChI is InChI=1S/C14H16N4O2/c1-20-12-5-2-11(3-6-12)4-7-14(19)15-9-8-13-16-10-17-18-13/h2-7,10H,8-9H2,1H3,(H,15,19)(H,16,17,18). The SMILES string of the molecule is COc1ccc(C=CC(=O)NCCc2ncn[nH]2)cc1. The topological polar surface area (TPSA) is 79.9 Å². The summed E-state index contributed by atoms with van der Waals surface area (Å²) in [6.07, 6.45) is 5.33. The molecule has 0 bridgehead atoms. The average molecular weight is 272 g/mol. The third-order valence-corrected chi connectivity index (χ3v) is 2.67. The Bertz CT molecular complexity index is 561. The molecular formula is C14H16N4O2. The van der Waals surface area contributed by atoms with Gasteiger partial charge >= 0.3 is 0 Å². The molecule has 6 heteroatoms. The van der Waals surface area contributed by atoms with Gasteiger partial charge in [0.2, 0.25) is 5.91 Å². The number of rotatable bonds is 6. The number of aromatic nitrogens is 3. The lowest BCUT2D eigenvalue weighted by atomic mass is 10.2. The second-order valence-corrected chi connectivity index (χ2v) is 4.08. The van der Waals surface area contributed by atoms with Crippen LogP contribution >= 0.6 is 0 Å². The first kappa shape index (κ1) is 13.8. The summed E-state index contributed by atoms with van der Waals surface area (Å²) in [5.41, 5.74) is 0.941. The summed E-state index contributed by atoms with van der Waals surface area (Å²) >= 11 is 0. The zero-order valence-corrected chi connectivity index (χ0v) is 11.2. The molecule has 20 heavy (non-hydrogen) atoms. The molecule has 2 N–H and O–H groups in total. The zero-order chi connectivity index (χ0) is 14.2. The van der Waals surface area contributed by atoms with Crippen molar-refractivity contribution in [2.24, 2.45) is 0 Å². The Hall–Kier alpha value is -2.63. The number of methoxy groups -OCH3 is 1. The molecule has 1 aromatic carbocycles. The maximum atomic E-state index is 11.6. The van der Waals surface area contributed by atoms with Gasteiger partial charge in [0, 0.05) is 19.0 Å². The van der Waals surface area contributed by atoms with Crippen LogP contribution in [0.2, 0.25) is 0 Å². The van der Waals surface area contributed by atoms with Gasteiger partial charge in [-0.05, 0) is 23.8 Å². The maximum absolute atomic E-state index is 11.6. The van der Waals surface area contributed by atoms with Gasteiger partial charge in [0.1, 0.15) is 17.9 Å². The molecule has 0 radical (unpaired) electrons. The Morgan fingerprint density at radius 3 is 2.85 bits per heavy atom. The summed E-state index contributed by atoms with van der Waals surface area (Å²) in [6, 6.07) is 7.47. The number of ether oxygens (including phenoxy) is 1. The summed E-state index contributed by atoms with van der Waals surface area (Å²) < 4.78 is 5.07. The summed E-state index contributed by atoms with van der Waals surface area (Å²) in [5.74, 6) is 1.41. The van der Waals surface area contributed by atoms with Gasteiger partial charge in [0.05, 0.1) is 7.11 Å². The molecule has 2 aromatic rings. The molecule has 1 aromatic heterocycles. The van der Waals surface area contributed by atoms with E-state index in [1.165, 1.54) is 12.4 Å². The highest BCUT2D eigenvalue weighted by Gasteiger charge is 1.98. The van der Waals surface area contributed by atoms with Crippen molar-refractivity contribution >= 4 is 12.0 Å². The molecule has 2 rings (SSSR count). The van der Waals surface area contributed by atoms with E-state index in [4.69, 9.17) is 4.74 Å². The Kier molecular flexibility index (Phi) is 4.88.